The molecule has 160 valence electrons. The van der Waals surface area contributed by atoms with Crippen molar-refractivity contribution >= 4 is 5.97 Å². The summed E-state index contributed by atoms with van der Waals surface area (Å²) in [5, 5.41) is 30.7. The number of esters is 1. The number of aliphatic hydroxyl groups is 3. The molecule has 1 aliphatic carbocycles. The van der Waals surface area contributed by atoms with E-state index in [2.05, 4.69) is 0 Å². The summed E-state index contributed by atoms with van der Waals surface area (Å²) in [6.45, 7) is 1.85. The summed E-state index contributed by atoms with van der Waals surface area (Å²) in [4.78, 5) is 11.8. The highest BCUT2D eigenvalue weighted by atomic mass is 16.5. The Hall–Kier alpha value is -1.95. The van der Waals surface area contributed by atoms with Gasteiger partial charge in [-0.25, -0.2) is 4.79 Å². The minimum atomic E-state index is -0.632. The lowest BCUT2D eigenvalue weighted by Gasteiger charge is -2.35. The van der Waals surface area contributed by atoms with Crippen LogP contribution in [0.3, 0.4) is 0 Å². The standard InChI is InChI=1S/C24H34O5/c1-18-10-9-12-20(25)14-15-22-19(16-21(26)17-23(22)27)11-7-5-3-2-4-6-8-13-24(28)29-18/h3-8,11,13-15,18-23,25-27H,2,9-10,12,16-17H2,1H3/b5-3-,6-4+,11-7+,13-8-,15-14+. The Morgan fingerprint density at radius 1 is 0.931 bits per heavy atom. The maximum absolute atomic E-state index is 11.8. The van der Waals surface area contributed by atoms with Crippen LogP contribution < -0.4 is 0 Å². The topological polar surface area (TPSA) is 87.0 Å². The molecule has 6 atom stereocenters. The number of allylic oxidation sites excluding steroid dienone is 7. The summed E-state index contributed by atoms with van der Waals surface area (Å²) in [6, 6.07) is 0. The lowest BCUT2D eigenvalue weighted by atomic mass is 9.75. The van der Waals surface area contributed by atoms with Gasteiger partial charge in [-0.1, -0.05) is 54.7 Å². The smallest absolute Gasteiger partial charge is 0.331 e. The largest absolute Gasteiger partial charge is 0.460 e. The quantitative estimate of drug-likeness (QED) is 0.427. The highest BCUT2D eigenvalue weighted by Gasteiger charge is 2.33. The SMILES string of the molecule is CC1CCCC(O)/C=C/C2C(O)CC(O)CC2/C=C/C=C\C/C=C/C=C\C(=O)O1. The molecule has 3 N–H and O–H groups in total. The summed E-state index contributed by atoms with van der Waals surface area (Å²) < 4.78 is 5.32. The van der Waals surface area contributed by atoms with Crippen molar-refractivity contribution in [1.82, 2.24) is 0 Å². The first-order valence-electron chi connectivity index (χ1n) is 10.6. The lowest BCUT2D eigenvalue weighted by Crippen LogP contribution is -2.37. The van der Waals surface area contributed by atoms with E-state index in [0.29, 0.717) is 25.7 Å². The molecule has 0 saturated heterocycles. The van der Waals surface area contributed by atoms with Crippen molar-refractivity contribution < 1.29 is 24.9 Å². The van der Waals surface area contributed by atoms with Gasteiger partial charge in [0, 0.05) is 12.0 Å². The van der Waals surface area contributed by atoms with Gasteiger partial charge in [0.15, 0.2) is 0 Å². The highest BCUT2D eigenvalue weighted by Crippen LogP contribution is 2.33. The molecule has 1 aliphatic heterocycles. The maximum Gasteiger partial charge on any atom is 0.331 e. The number of rotatable bonds is 0. The summed E-state index contributed by atoms with van der Waals surface area (Å²) in [6.07, 6.45) is 20.0. The molecule has 5 nitrogen and oxygen atoms in total. The van der Waals surface area contributed by atoms with Crippen LogP contribution in [0, 0.1) is 11.8 Å². The third kappa shape index (κ3) is 8.94. The van der Waals surface area contributed by atoms with Gasteiger partial charge in [-0.15, -0.1) is 0 Å². The Labute approximate surface area is 173 Å². The van der Waals surface area contributed by atoms with Crippen molar-refractivity contribution in [1.29, 1.82) is 0 Å². The molecule has 1 heterocycles. The zero-order chi connectivity index (χ0) is 21.1. The Balaban J connectivity index is 2.10. The molecular weight excluding hydrogens is 368 g/mol. The summed E-state index contributed by atoms with van der Waals surface area (Å²) >= 11 is 0. The van der Waals surface area contributed by atoms with Gasteiger partial charge < -0.3 is 20.1 Å². The highest BCUT2D eigenvalue weighted by molar-refractivity contribution is 5.82. The third-order valence-corrected chi connectivity index (χ3v) is 5.34. The fourth-order valence-electron chi connectivity index (χ4n) is 3.76. The Morgan fingerprint density at radius 3 is 2.48 bits per heavy atom. The molecule has 5 heteroatoms. The van der Waals surface area contributed by atoms with Crippen LogP contribution in [0.1, 0.15) is 45.4 Å². The number of fused-ring (bicyclic) bond motifs is 1. The van der Waals surface area contributed by atoms with E-state index < -0.39 is 18.3 Å². The third-order valence-electron chi connectivity index (χ3n) is 5.34. The second kappa shape index (κ2) is 12.6. The summed E-state index contributed by atoms with van der Waals surface area (Å²) in [7, 11) is 0. The Kier molecular flexibility index (Phi) is 10.1. The number of cyclic esters (lactones) is 1. The van der Waals surface area contributed by atoms with Crippen LogP contribution >= 0.6 is 0 Å². The summed E-state index contributed by atoms with van der Waals surface area (Å²) in [5.41, 5.74) is 0. The normalized spacial score (nSPS) is 40.6. The van der Waals surface area contributed by atoms with Crippen LogP contribution in [0.4, 0.5) is 0 Å². The minimum Gasteiger partial charge on any atom is -0.460 e. The number of carbonyl (C=O) groups excluding carboxylic acids is 1. The molecule has 0 radical (unpaired) electrons. The van der Waals surface area contributed by atoms with E-state index in [-0.39, 0.29) is 23.9 Å². The first kappa shape index (κ1) is 23.3. The van der Waals surface area contributed by atoms with Gasteiger partial charge >= 0.3 is 5.97 Å². The number of ether oxygens (including phenoxy) is 1. The van der Waals surface area contributed by atoms with E-state index in [4.69, 9.17) is 4.74 Å². The van der Waals surface area contributed by atoms with Gasteiger partial charge in [0.25, 0.3) is 0 Å². The minimum absolute atomic E-state index is 0.0188. The Bertz CT molecular complexity index is 646. The molecule has 1 fully saturated rings. The zero-order valence-electron chi connectivity index (χ0n) is 17.1. The average Bonchev–Trinajstić information content (AvgIpc) is 2.65. The van der Waals surface area contributed by atoms with Crippen molar-refractivity contribution in [2.24, 2.45) is 11.8 Å². The summed E-state index contributed by atoms with van der Waals surface area (Å²) in [5.74, 6) is -0.478. The van der Waals surface area contributed by atoms with Crippen molar-refractivity contribution in [2.45, 2.75) is 69.9 Å². The van der Waals surface area contributed by atoms with Crippen molar-refractivity contribution in [3.63, 3.8) is 0 Å². The molecule has 1 saturated carbocycles. The predicted molar refractivity (Wildman–Crippen MR) is 114 cm³/mol. The number of carbonyl (C=O) groups is 1. The van der Waals surface area contributed by atoms with Crippen LogP contribution in [0.15, 0.2) is 60.8 Å². The van der Waals surface area contributed by atoms with E-state index in [1.54, 1.807) is 12.2 Å². The second-order valence-corrected chi connectivity index (χ2v) is 7.90. The molecule has 0 spiro atoms. The first-order valence-corrected chi connectivity index (χ1v) is 10.6. The fraction of sp³-hybridized carbons (Fsp3) is 0.542. The molecule has 2 rings (SSSR count). The second-order valence-electron chi connectivity index (χ2n) is 7.90. The molecule has 29 heavy (non-hydrogen) atoms. The average molecular weight is 403 g/mol. The molecule has 0 aromatic heterocycles. The Morgan fingerprint density at radius 2 is 1.69 bits per heavy atom. The molecule has 0 aromatic rings. The molecule has 0 bridgehead atoms. The van der Waals surface area contributed by atoms with Crippen LogP contribution in [0.5, 0.6) is 0 Å². The maximum atomic E-state index is 11.8. The fourth-order valence-corrected chi connectivity index (χ4v) is 3.76. The van der Waals surface area contributed by atoms with E-state index >= 15 is 0 Å². The van der Waals surface area contributed by atoms with E-state index in [9.17, 15) is 20.1 Å². The van der Waals surface area contributed by atoms with Gasteiger partial charge in [-0.3, -0.25) is 0 Å². The van der Waals surface area contributed by atoms with Gasteiger partial charge in [0.2, 0.25) is 0 Å². The number of hydrogen-bond donors (Lipinski definition) is 3. The molecule has 0 amide bonds. The lowest BCUT2D eigenvalue weighted by molar-refractivity contribution is -0.142. The van der Waals surface area contributed by atoms with Gasteiger partial charge in [-0.2, -0.15) is 0 Å². The zero-order valence-corrected chi connectivity index (χ0v) is 17.1. The number of hydrogen-bond acceptors (Lipinski definition) is 5. The monoisotopic (exact) mass is 402 g/mol. The molecule has 2 aliphatic rings. The van der Waals surface area contributed by atoms with E-state index in [1.165, 1.54) is 6.08 Å². The van der Waals surface area contributed by atoms with Gasteiger partial charge in [0.1, 0.15) is 0 Å². The van der Waals surface area contributed by atoms with E-state index in [0.717, 1.165) is 12.8 Å². The van der Waals surface area contributed by atoms with Crippen LogP contribution in [0.25, 0.3) is 0 Å². The van der Waals surface area contributed by atoms with Crippen molar-refractivity contribution in [3.05, 3.63) is 60.8 Å². The van der Waals surface area contributed by atoms with Crippen molar-refractivity contribution in [3.8, 4) is 0 Å². The van der Waals surface area contributed by atoms with Crippen LogP contribution in [-0.4, -0.2) is 45.7 Å². The van der Waals surface area contributed by atoms with E-state index in [1.807, 2.05) is 49.5 Å². The predicted octanol–water partition coefficient (Wildman–Crippen LogP) is 3.38. The van der Waals surface area contributed by atoms with Crippen molar-refractivity contribution in [2.75, 3.05) is 0 Å². The number of aliphatic hydroxyl groups excluding tert-OH is 3. The van der Waals surface area contributed by atoms with Gasteiger partial charge in [-0.05, 0) is 51.4 Å². The molecule has 6 unspecified atom stereocenters. The van der Waals surface area contributed by atoms with Gasteiger partial charge in [0.05, 0.1) is 24.4 Å². The molecular formula is C24H34O5. The van der Waals surface area contributed by atoms with Crippen LogP contribution in [-0.2, 0) is 9.53 Å². The molecule has 0 aromatic carbocycles. The van der Waals surface area contributed by atoms with Crippen LogP contribution in [0.2, 0.25) is 0 Å². The first-order chi connectivity index (χ1) is 14.0.